The first-order chi connectivity index (χ1) is 11.6. The van der Waals surface area contributed by atoms with E-state index in [0.29, 0.717) is 12.6 Å². The molecule has 24 heavy (non-hydrogen) atoms. The van der Waals surface area contributed by atoms with Crippen molar-refractivity contribution in [3.05, 3.63) is 28.3 Å². The Labute approximate surface area is 140 Å². The third-order valence-electron chi connectivity index (χ3n) is 4.77. The molecule has 0 atom stereocenters. The van der Waals surface area contributed by atoms with E-state index in [2.05, 4.69) is 15.1 Å². The van der Waals surface area contributed by atoms with Gasteiger partial charge < -0.3 is 15.0 Å². The second-order valence-corrected chi connectivity index (χ2v) is 6.15. The van der Waals surface area contributed by atoms with E-state index < -0.39 is 4.92 Å². The lowest BCUT2D eigenvalue weighted by Crippen LogP contribution is -2.54. The summed E-state index contributed by atoms with van der Waals surface area (Å²) in [6.07, 6.45) is 1.96. The number of anilines is 1. The zero-order valence-corrected chi connectivity index (χ0v) is 13.7. The predicted octanol–water partition coefficient (Wildman–Crippen LogP) is 1.00. The molecule has 0 aliphatic carbocycles. The summed E-state index contributed by atoms with van der Waals surface area (Å²) < 4.78 is 5.15. The minimum atomic E-state index is -0.434. The molecule has 130 valence electrons. The van der Waals surface area contributed by atoms with Gasteiger partial charge in [-0.1, -0.05) is 0 Å². The van der Waals surface area contributed by atoms with Crippen LogP contribution in [0.5, 0.6) is 5.75 Å². The van der Waals surface area contributed by atoms with Gasteiger partial charge in [-0.05, 0) is 18.9 Å². The Morgan fingerprint density at radius 2 is 2.04 bits per heavy atom. The molecule has 2 aliphatic rings. The van der Waals surface area contributed by atoms with Crippen molar-refractivity contribution in [2.45, 2.75) is 18.9 Å². The van der Waals surface area contributed by atoms with Gasteiger partial charge in [0.05, 0.1) is 18.6 Å². The fourth-order valence-corrected chi connectivity index (χ4v) is 3.47. The molecule has 0 unspecified atom stereocenters. The Kier molecular flexibility index (Phi) is 4.84. The molecule has 3 rings (SSSR count). The molecule has 0 bridgehead atoms. The van der Waals surface area contributed by atoms with Gasteiger partial charge in [0.15, 0.2) is 5.75 Å². The number of nitrogens with zero attached hydrogens (tertiary/aromatic N) is 3. The van der Waals surface area contributed by atoms with Crippen LogP contribution in [0.2, 0.25) is 0 Å². The van der Waals surface area contributed by atoms with Crippen LogP contribution in [0.1, 0.15) is 12.8 Å². The number of amides is 1. The molecule has 2 fully saturated rings. The normalized spacial score (nSPS) is 19.9. The Morgan fingerprint density at radius 1 is 1.29 bits per heavy atom. The number of nitro groups is 1. The summed E-state index contributed by atoms with van der Waals surface area (Å²) in [6.45, 7) is 3.84. The Hall–Kier alpha value is -2.35. The Balaban J connectivity index is 1.64. The number of carbonyl (C=O) groups is 1. The number of benzene rings is 1. The van der Waals surface area contributed by atoms with Crippen molar-refractivity contribution >= 4 is 17.3 Å². The van der Waals surface area contributed by atoms with Crippen molar-refractivity contribution in [1.29, 1.82) is 0 Å². The van der Waals surface area contributed by atoms with Crippen LogP contribution in [0.25, 0.3) is 0 Å². The molecule has 1 N–H and O–H groups in total. The average molecular weight is 334 g/mol. The van der Waals surface area contributed by atoms with E-state index in [0.717, 1.165) is 44.7 Å². The molecule has 2 heterocycles. The molecule has 0 saturated carbocycles. The Morgan fingerprint density at radius 3 is 2.67 bits per heavy atom. The van der Waals surface area contributed by atoms with E-state index >= 15 is 0 Å². The van der Waals surface area contributed by atoms with Gasteiger partial charge in [0.1, 0.15) is 0 Å². The van der Waals surface area contributed by atoms with Gasteiger partial charge in [-0.3, -0.25) is 19.8 Å². The highest BCUT2D eigenvalue weighted by molar-refractivity contribution is 5.78. The minimum Gasteiger partial charge on any atom is -0.490 e. The lowest BCUT2D eigenvalue weighted by atomic mass is 10.0. The highest BCUT2D eigenvalue weighted by Crippen LogP contribution is 2.32. The van der Waals surface area contributed by atoms with Gasteiger partial charge in [-0.15, -0.1) is 0 Å². The maximum Gasteiger partial charge on any atom is 0.311 e. The van der Waals surface area contributed by atoms with Crippen LogP contribution in [0, 0.1) is 10.1 Å². The fourth-order valence-electron chi connectivity index (χ4n) is 3.47. The van der Waals surface area contributed by atoms with Gasteiger partial charge in [0.2, 0.25) is 5.91 Å². The van der Waals surface area contributed by atoms with Crippen LogP contribution >= 0.6 is 0 Å². The molecular formula is C16H22N4O4. The second-order valence-electron chi connectivity index (χ2n) is 6.15. The molecular weight excluding hydrogens is 312 g/mol. The van der Waals surface area contributed by atoms with Gasteiger partial charge in [-0.25, -0.2) is 0 Å². The maximum absolute atomic E-state index is 11.5. The molecule has 8 heteroatoms. The van der Waals surface area contributed by atoms with Crippen molar-refractivity contribution in [2.75, 3.05) is 44.7 Å². The van der Waals surface area contributed by atoms with Crippen LogP contribution in [0.3, 0.4) is 0 Å². The second kappa shape index (κ2) is 7.04. The van der Waals surface area contributed by atoms with Crippen molar-refractivity contribution in [1.82, 2.24) is 10.2 Å². The first-order valence-corrected chi connectivity index (χ1v) is 8.16. The molecule has 1 aromatic carbocycles. The average Bonchev–Trinajstić information content (AvgIpc) is 2.61. The van der Waals surface area contributed by atoms with Crippen molar-refractivity contribution < 1.29 is 14.5 Å². The van der Waals surface area contributed by atoms with Crippen molar-refractivity contribution in [2.24, 2.45) is 0 Å². The van der Waals surface area contributed by atoms with Gasteiger partial charge in [0.25, 0.3) is 0 Å². The summed E-state index contributed by atoms with van der Waals surface area (Å²) in [5, 5.41) is 13.8. The van der Waals surface area contributed by atoms with E-state index in [1.54, 1.807) is 12.1 Å². The lowest BCUT2D eigenvalue weighted by molar-refractivity contribution is -0.385. The first-order valence-electron chi connectivity index (χ1n) is 8.16. The van der Waals surface area contributed by atoms with E-state index in [4.69, 9.17) is 4.74 Å². The van der Waals surface area contributed by atoms with Crippen LogP contribution in [0.15, 0.2) is 18.2 Å². The molecule has 0 aromatic heterocycles. The number of ether oxygens (including phenoxy) is 1. The molecule has 8 nitrogen and oxygen atoms in total. The fraction of sp³-hybridized carbons (Fsp3) is 0.562. The molecule has 1 aromatic rings. The number of rotatable bonds is 4. The summed E-state index contributed by atoms with van der Waals surface area (Å²) >= 11 is 0. The van der Waals surface area contributed by atoms with E-state index in [1.807, 2.05) is 0 Å². The summed E-state index contributed by atoms with van der Waals surface area (Å²) in [5.41, 5.74) is 0.919. The summed E-state index contributed by atoms with van der Waals surface area (Å²) in [7, 11) is 1.44. The Bertz CT molecular complexity index is 629. The van der Waals surface area contributed by atoms with E-state index in [-0.39, 0.29) is 17.3 Å². The summed E-state index contributed by atoms with van der Waals surface area (Å²) in [6, 6.07) is 5.42. The quantitative estimate of drug-likeness (QED) is 0.653. The van der Waals surface area contributed by atoms with Crippen LogP contribution < -0.4 is 15.0 Å². The summed E-state index contributed by atoms with van der Waals surface area (Å²) in [5.74, 6) is 0.385. The number of nitro benzene ring substituents is 1. The number of hydrogen-bond donors (Lipinski definition) is 1. The van der Waals surface area contributed by atoms with Gasteiger partial charge in [0, 0.05) is 50.0 Å². The third kappa shape index (κ3) is 3.43. The number of methoxy groups -OCH3 is 1. The topological polar surface area (TPSA) is 88.0 Å². The van der Waals surface area contributed by atoms with Gasteiger partial charge in [-0.2, -0.15) is 0 Å². The zero-order chi connectivity index (χ0) is 17.1. The standard InChI is InChI=1S/C16H22N4O4/c1-24-15-10-13(2-3-14(15)20(22)23)18-7-4-12(5-8-18)19-9-6-17-16(21)11-19/h2-3,10,12H,4-9,11H2,1H3,(H,17,21). The summed E-state index contributed by atoms with van der Waals surface area (Å²) in [4.78, 5) is 26.6. The third-order valence-corrected chi connectivity index (χ3v) is 4.77. The number of hydrogen-bond acceptors (Lipinski definition) is 6. The smallest absolute Gasteiger partial charge is 0.311 e. The van der Waals surface area contributed by atoms with Crippen molar-refractivity contribution in [3.8, 4) is 5.75 Å². The minimum absolute atomic E-state index is 0.0181. The van der Waals surface area contributed by atoms with E-state index in [1.165, 1.54) is 13.2 Å². The SMILES string of the molecule is COc1cc(N2CCC(N3CCNC(=O)C3)CC2)ccc1[N+](=O)[O-]. The molecule has 0 radical (unpaired) electrons. The molecule has 2 aliphatic heterocycles. The maximum atomic E-state index is 11.5. The van der Waals surface area contributed by atoms with Crippen LogP contribution in [-0.4, -0.2) is 61.6 Å². The number of nitrogens with one attached hydrogen (secondary N) is 1. The zero-order valence-electron chi connectivity index (χ0n) is 13.7. The number of carbonyl (C=O) groups excluding carboxylic acids is 1. The molecule has 0 spiro atoms. The van der Waals surface area contributed by atoms with Gasteiger partial charge >= 0.3 is 5.69 Å². The molecule has 2 saturated heterocycles. The van der Waals surface area contributed by atoms with Crippen LogP contribution in [0.4, 0.5) is 11.4 Å². The highest BCUT2D eigenvalue weighted by atomic mass is 16.6. The monoisotopic (exact) mass is 334 g/mol. The molecule has 1 amide bonds. The van der Waals surface area contributed by atoms with Crippen molar-refractivity contribution in [3.63, 3.8) is 0 Å². The number of piperazine rings is 1. The highest BCUT2D eigenvalue weighted by Gasteiger charge is 2.28. The first kappa shape index (κ1) is 16.5. The predicted molar refractivity (Wildman–Crippen MR) is 89.5 cm³/mol. The lowest BCUT2D eigenvalue weighted by Gasteiger charge is -2.40. The van der Waals surface area contributed by atoms with Crippen LogP contribution in [-0.2, 0) is 4.79 Å². The van der Waals surface area contributed by atoms with E-state index in [9.17, 15) is 14.9 Å². The largest absolute Gasteiger partial charge is 0.490 e. The number of piperidine rings is 1.